The Kier molecular flexibility index (Phi) is 4.02. The Morgan fingerprint density at radius 3 is 2.70 bits per heavy atom. The van der Waals surface area contributed by atoms with Gasteiger partial charge >= 0.3 is 5.69 Å². The molecule has 0 saturated carbocycles. The number of rotatable bonds is 4. The van der Waals surface area contributed by atoms with Crippen LogP contribution in [0, 0.1) is 10.1 Å². The number of carbonyl (C=O) groups excluding carboxylic acids is 1. The standard InChI is InChI=1S/C12H17N5O3/c1-15(8-11(18)16-6-2-3-7-16)10-5-4-9(17(19)20)12(13)14-10/h4-5H,2-3,6-8H2,1H3,(H2,13,14). The van der Waals surface area contributed by atoms with Gasteiger partial charge in [0, 0.05) is 26.2 Å². The lowest BCUT2D eigenvalue weighted by atomic mass is 10.3. The van der Waals surface area contributed by atoms with Gasteiger partial charge in [0.2, 0.25) is 11.7 Å². The number of likely N-dealkylation sites (N-methyl/N-ethyl adjacent to an activating group) is 1. The Hall–Kier alpha value is -2.38. The molecule has 2 heterocycles. The molecule has 0 aliphatic carbocycles. The first kappa shape index (κ1) is 14.0. The summed E-state index contributed by atoms with van der Waals surface area (Å²) in [6.45, 7) is 1.77. The molecular formula is C12H17N5O3. The molecule has 0 spiro atoms. The highest BCUT2D eigenvalue weighted by molar-refractivity contribution is 5.81. The van der Waals surface area contributed by atoms with E-state index in [9.17, 15) is 14.9 Å². The van der Waals surface area contributed by atoms with Crippen molar-refractivity contribution in [3.8, 4) is 0 Å². The van der Waals surface area contributed by atoms with Gasteiger partial charge in [0.15, 0.2) is 0 Å². The van der Waals surface area contributed by atoms with Crippen molar-refractivity contribution in [2.45, 2.75) is 12.8 Å². The number of aromatic nitrogens is 1. The summed E-state index contributed by atoms with van der Waals surface area (Å²) >= 11 is 0. The predicted octanol–water partition coefficient (Wildman–Crippen LogP) is 0.631. The number of hydrogen-bond donors (Lipinski definition) is 1. The molecule has 1 saturated heterocycles. The van der Waals surface area contributed by atoms with E-state index in [1.165, 1.54) is 12.1 Å². The lowest BCUT2D eigenvalue weighted by Gasteiger charge is -2.22. The summed E-state index contributed by atoms with van der Waals surface area (Å²) < 4.78 is 0. The number of amides is 1. The van der Waals surface area contributed by atoms with Crippen LogP contribution < -0.4 is 10.6 Å². The molecule has 2 N–H and O–H groups in total. The van der Waals surface area contributed by atoms with Crippen molar-refractivity contribution >= 4 is 23.2 Å². The summed E-state index contributed by atoms with van der Waals surface area (Å²) in [5, 5.41) is 10.7. The summed E-state index contributed by atoms with van der Waals surface area (Å²) in [5.74, 6) is 0.331. The van der Waals surface area contributed by atoms with E-state index in [0.29, 0.717) is 5.82 Å². The van der Waals surface area contributed by atoms with Gasteiger partial charge in [0.25, 0.3) is 0 Å². The zero-order valence-corrected chi connectivity index (χ0v) is 11.3. The highest BCUT2D eigenvalue weighted by atomic mass is 16.6. The topological polar surface area (TPSA) is 106 Å². The molecule has 1 aromatic rings. The van der Waals surface area contributed by atoms with Crippen LogP contribution in [0.5, 0.6) is 0 Å². The van der Waals surface area contributed by atoms with Crippen LogP contribution in [0.15, 0.2) is 12.1 Å². The van der Waals surface area contributed by atoms with Crippen molar-refractivity contribution in [2.24, 2.45) is 0 Å². The Balaban J connectivity index is 2.05. The third-order valence-corrected chi connectivity index (χ3v) is 3.31. The molecule has 2 rings (SSSR count). The van der Waals surface area contributed by atoms with E-state index in [0.717, 1.165) is 25.9 Å². The van der Waals surface area contributed by atoms with Crippen LogP contribution >= 0.6 is 0 Å². The SMILES string of the molecule is CN(CC(=O)N1CCCC1)c1ccc([N+](=O)[O-])c(N)n1. The van der Waals surface area contributed by atoms with Crippen molar-refractivity contribution in [1.82, 2.24) is 9.88 Å². The van der Waals surface area contributed by atoms with Crippen molar-refractivity contribution < 1.29 is 9.72 Å². The molecule has 0 bridgehead atoms. The maximum absolute atomic E-state index is 12.0. The van der Waals surface area contributed by atoms with E-state index in [2.05, 4.69) is 4.98 Å². The number of nitrogens with two attached hydrogens (primary N) is 1. The average Bonchev–Trinajstić information content (AvgIpc) is 2.91. The third kappa shape index (κ3) is 2.95. The number of likely N-dealkylation sites (tertiary alicyclic amines) is 1. The highest BCUT2D eigenvalue weighted by Gasteiger charge is 2.20. The van der Waals surface area contributed by atoms with E-state index in [1.807, 2.05) is 4.90 Å². The van der Waals surface area contributed by atoms with E-state index in [4.69, 9.17) is 5.73 Å². The van der Waals surface area contributed by atoms with Gasteiger partial charge in [0.1, 0.15) is 5.82 Å². The Morgan fingerprint density at radius 1 is 1.50 bits per heavy atom. The number of hydrogen-bond acceptors (Lipinski definition) is 6. The quantitative estimate of drug-likeness (QED) is 0.640. The Bertz CT molecular complexity index is 528. The summed E-state index contributed by atoms with van der Waals surface area (Å²) in [6, 6.07) is 2.79. The summed E-state index contributed by atoms with van der Waals surface area (Å²) in [4.78, 5) is 29.5. The number of nitro groups is 1. The molecule has 0 aromatic carbocycles. The fraction of sp³-hybridized carbons (Fsp3) is 0.500. The van der Waals surface area contributed by atoms with Crippen LogP contribution in [-0.4, -0.2) is 47.4 Å². The van der Waals surface area contributed by atoms with Crippen molar-refractivity contribution in [3.63, 3.8) is 0 Å². The second-order valence-electron chi connectivity index (χ2n) is 4.77. The van der Waals surface area contributed by atoms with Gasteiger partial charge in [-0.15, -0.1) is 0 Å². The molecule has 0 atom stereocenters. The molecule has 8 heteroatoms. The van der Waals surface area contributed by atoms with E-state index < -0.39 is 4.92 Å². The first-order valence-corrected chi connectivity index (χ1v) is 6.39. The van der Waals surface area contributed by atoms with E-state index in [-0.39, 0.29) is 24.0 Å². The number of pyridine rings is 1. The van der Waals surface area contributed by atoms with Crippen molar-refractivity contribution in [1.29, 1.82) is 0 Å². The Morgan fingerprint density at radius 2 is 2.15 bits per heavy atom. The lowest BCUT2D eigenvalue weighted by Crippen LogP contribution is -2.37. The molecule has 1 aromatic heterocycles. The fourth-order valence-corrected chi connectivity index (χ4v) is 2.17. The summed E-state index contributed by atoms with van der Waals surface area (Å²) in [7, 11) is 1.71. The van der Waals surface area contributed by atoms with Gasteiger partial charge in [-0.2, -0.15) is 0 Å². The van der Waals surface area contributed by atoms with Gasteiger partial charge < -0.3 is 15.5 Å². The molecule has 1 aliphatic rings. The highest BCUT2D eigenvalue weighted by Crippen LogP contribution is 2.22. The smallest absolute Gasteiger partial charge is 0.311 e. The summed E-state index contributed by atoms with van der Waals surface area (Å²) in [5.41, 5.74) is 5.31. The van der Waals surface area contributed by atoms with Crippen LogP contribution in [0.25, 0.3) is 0 Å². The number of carbonyl (C=O) groups is 1. The van der Waals surface area contributed by atoms with Gasteiger partial charge in [-0.25, -0.2) is 4.98 Å². The average molecular weight is 279 g/mol. The van der Waals surface area contributed by atoms with E-state index in [1.54, 1.807) is 11.9 Å². The lowest BCUT2D eigenvalue weighted by molar-refractivity contribution is -0.384. The minimum absolute atomic E-state index is 0.0312. The Labute approximate surface area is 116 Å². The molecule has 1 amide bonds. The first-order valence-electron chi connectivity index (χ1n) is 6.39. The number of nitrogens with zero attached hydrogens (tertiary/aromatic N) is 4. The molecule has 1 aliphatic heterocycles. The maximum atomic E-state index is 12.0. The maximum Gasteiger partial charge on any atom is 0.311 e. The van der Waals surface area contributed by atoms with Gasteiger partial charge in [-0.1, -0.05) is 0 Å². The van der Waals surface area contributed by atoms with Crippen LogP contribution in [0.2, 0.25) is 0 Å². The van der Waals surface area contributed by atoms with Crippen LogP contribution in [-0.2, 0) is 4.79 Å². The molecule has 0 radical (unpaired) electrons. The van der Waals surface area contributed by atoms with Gasteiger partial charge in [-0.3, -0.25) is 14.9 Å². The number of anilines is 2. The zero-order valence-electron chi connectivity index (χ0n) is 11.3. The fourth-order valence-electron chi connectivity index (χ4n) is 2.17. The minimum atomic E-state index is -0.582. The monoisotopic (exact) mass is 279 g/mol. The minimum Gasteiger partial charge on any atom is -0.378 e. The molecule has 108 valence electrons. The van der Waals surface area contributed by atoms with E-state index >= 15 is 0 Å². The second-order valence-corrected chi connectivity index (χ2v) is 4.77. The third-order valence-electron chi connectivity index (χ3n) is 3.31. The predicted molar refractivity (Wildman–Crippen MR) is 74.4 cm³/mol. The van der Waals surface area contributed by atoms with Gasteiger partial charge in [0.05, 0.1) is 11.5 Å². The van der Waals surface area contributed by atoms with Crippen molar-refractivity contribution in [3.05, 3.63) is 22.2 Å². The van der Waals surface area contributed by atoms with Crippen LogP contribution in [0.3, 0.4) is 0 Å². The molecule has 1 fully saturated rings. The van der Waals surface area contributed by atoms with Crippen LogP contribution in [0.4, 0.5) is 17.3 Å². The zero-order chi connectivity index (χ0) is 14.7. The molecule has 0 unspecified atom stereocenters. The molecule has 8 nitrogen and oxygen atoms in total. The normalized spacial score (nSPS) is 14.3. The van der Waals surface area contributed by atoms with Gasteiger partial charge in [-0.05, 0) is 18.9 Å². The molecular weight excluding hydrogens is 262 g/mol. The molecule has 20 heavy (non-hydrogen) atoms. The van der Waals surface area contributed by atoms with Crippen molar-refractivity contribution in [2.75, 3.05) is 37.3 Å². The second kappa shape index (κ2) is 5.72. The summed E-state index contributed by atoms with van der Waals surface area (Å²) in [6.07, 6.45) is 2.08. The largest absolute Gasteiger partial charge is 0.378 e. The number of nitrogen functional groups attached to an aromatic ring is 1. The van der Waals surface area contributed by atoms with Crippen LogP contribution in [0.1, 0.15) is 12.8 Å². The first-order chi connectivity index (χ1) is 9.49.